The van der Waals surface area contributed by atoms with Crippen LogP contribution >= 0.6 is 0 Å². The predicted molar refractivity (Wildman–Crippen MR) is 48.8 cm³/mol. The molecular weight excluding hydrogens is 166 g/mol. The maximum Gasteiger partial charge on any atom is 0.319 e. The molecule has 0 unspecified atom stereocenters. The molecule has 0 fully saturated rings. The summed E-state index contributed by atoms with van der Waals surface area (Å²) in [7, 11) is 0. The first-order valence-electron chi connectivity index (χ1n) is 3.94. The third-order valence-electron chi connectivity index (χ3n) is 1.66. The molecule has 13 heavy (non-hydrogen) atoms. The van der Waals surface area contributed by atoms with Crippen LogP contribution in [-0.4, -0.2) is 10.2 Å². The first-order chi connectivity index (χ1) is 6.34. The number of nitrogens with zero attached hydrogens (tertiary/aromatic N) is 2. The molecule has 0 amide bonds. The van der Waals surface area contributed by atoms with Crippen molar-refractivity contribution in [2.45, 2.75) is 6.92 Å². The fourth-order valence-electron chi connectivity index (χ4n) is 0.988. The lowest BCUT2D eigenvalue weighted by atomic mass is 10.2. The van der Waals surface area contributed by atoms with E-state index in [2.05, 4.69) is 15.5 Å². The third-order valence-corrected chi connectivity index (χ3v) is 1.66. The molecule has 2 rings (SSSR count). The summed E-state index contributed by atoms with van der Waals surface area (Å²) in [5.74, 6) is 0. The van der Waals surface area contributed by atoms with Crippen molar-refractivity contribution in [3.63, 3.8) is 0 Å². The Bertz CT molecular complexity index is 366. The van der Waals surface area contributed by atoms with Gasteiger partial charge in [0.05, 0.1) is 0 Å². The highest BCUT2D eigenvalue weighted by atomic mass is 16.4. The third kappa shape index (κ3) is 1.84. The second-order valence-electron chi connectivity index (χ2n) is 2.73. The van der Waals surface area contributed by atoms with Crippen LogP contribution in [0.1, 0.15) is 5.56 Å². The minimum atomic E-state index is 0.406. The molecule has 0 bridgehead atoms. The molecule has 2 aromatic rings. The SMILES string of the molecule is Cc1ccc(Nc2nnco2)cc1. The van der Waals surface area contributed by atoms with Crippen molar-refractivity contribution in [1.29, 1.82) is 0 Å². The molecule has 66 valence electrons. The van der Waals surface area contributed by atoms with Crippen molar-refractivity contribution in [2.75, 3.05) is 5.32 Å². The summed E-state index contributed by atoms with van der Waals surface area (Å²) in [6.07, 6.45) is 1.29. The molecule has 0 aliphatic rings. The molecule has 1 aromatic heterocycles. The zero-order valence-corrected chi connectivity index (χ0v) is 7.19. The average Bonchev–Trinajstić information content (AvgIpc) is 2.62. The molecule has 0 aliphatic heterocycles. The molecule has 0 saturated carbocycles. The molecule has 1 heterocycles. The van der Waals surface area contributed by atoms with E-state index in [1.807, 2.05) is 31.2 Å². The number of aromatic nitrogens is 2. The monoisotopic (exact) mass is 175 g/mol. The van der Waals surface area contributed by atoms with E-state index in [-0.39, 0.29) is 0 Å². The Kier molecular flexibility index (Phi) is 1.96. The number of rotatable bonds is 2. The van der Waals surface area contributed by atoms with Gasteiger partial charge in [0, 0.05) is 5.69 Å². The van der Waals surface area contributed by atoms with E-state index < -0.39 is 0 Å². The predicted octanol–water partition coefficient (Wildman–Crippen LogP) is 2.12. The van der Waals surface area contributed by atoms with E-state index in [1.54, 1.807) is 0 Å². The summed E-state index contributed by atoms with van der Waals surface area (Å²) in [5, 5.41) is 10.2. The molecule has 4 heteroatoms. The van der Waals surface area contributed by atoms with E-state index in [1.165, 1.54) is 12.0 Å². The van der Waals surface area contributed by atoms with Gasteiger partial charge < -0.3 is 9.73 Å². The minimum absolute atomic E-state index is 0.406. The van der Waals surface area contributed by atoms with Gasteiger partial charge in [0.25, 0.3) is 0 Å². The van der Waals surface area contributed by atoms with Gasteiger partial charge in [-0.3, -0.25) is 0 Å². The summed E-state index contributed by atoms with van der Waals surface area (Å²) in [5.41, 5.74) is 2.16. The molecule has 1 aromatic carbocycles. The highest BCUT2D eigenvalue weighted by Gasteiger charge is 1.97. The molecule has 1 N–H and O–H groups in total. The Balaban J connectivity index is 2.15. The van der Waals surface area contributed by atoms with Crippen LogP contribution < -0.4 is 5.32 Å². The Hall–Kier alpha value is -1.84. The number of aryl methyl sites for hydroxylation is 1. The Morgan fingerprint density at radius 1 is 1.23 bits per heavy atom. The lowest BCUT2D eigenvalue weighted by Gasteiger charge is -2.00. The molecule has 0 atom stereocenters. The van der Waals surface area contributed by atoms with Crippen molar-refractivity contribution >= 4 is 11.7 Å². The summed E-state index contributed by atoms with van der Waals surface area (Å²) in [6.45, 7) is 2.04. The second-order valence-corrected chi connectivity index (χ2v) is 2.73. The highest BCUT2D eigenvalue weighted by Crippen LogP contribution is 2.13. The van der Waals surface area contributed by atoms with Crippen LogP contribution in [0.2, 0.25) is 0 Å². The standard InChI is InChI=1S/C9H9N3O/c1-7-2-4-8(5-3-7)11-9-12-10-6-13-9/h2-6H,1H3,(H,11,12). The molecule has 0 aliphatic carbocycles. The Labute approximate surface area is 75.6 Å². The summed E-state index contributed by atoms with van der Waals surface area (Å²) in [4.78, 5) is 0. The topological polar surface area (TPSA) is 51.0 Å². The fraction of sp³-hybridized carbons (Fsp3) is 0.111. The largest absolute Gasteiger partial charge is 0.411 e. The summed E-state index contributed by atoms with van der Waals surface area (Å²) < 4.78 is 4.93. The second kappa shape index (κ2) is 3.26. The molecular formula is C9H9N3O. The number of nitrogens with one attached hydrogen (secondary N) is 1. The van der Waals surface area contributed by atoms with Gasteiger partial charge in [-0.05, 0) is 19.1 Å². The summed E-state index contributed by atoms with van der Waals surface area (Å²) >= 11 is 0. The van der Waals surface area contributed by atoms with Crippen LogP contribution in [0.3, 0.4) is 0 Å². The lowest BCUT2D eigenvalue weighted by Crippen LogP contribution is -1.89. The van der Waals surface area contributed by atoms with E-state index in [0.29, 0.717) is 6.01 Å². The van der Waals surface area contributed by atoms with Crippen molar-refractivity contribution < 1.29 is 4.42 Å². The van der Waals surface area contributed by atoms with Gasteiger partial charge in [-0.1, -0.05) is 22.8 Å². The zero-order chi connectivity index (χ0) is 9.10. The highest BCUT2D eigenvalue weighted by molar-refractivity contribution is 5.51. The van der Waals surface area contributed by atoms with Gasteiger partial charge in [-0.25, -0.2) is 0 Å². The van der Waals surface area contributed by atoms with Gasteiger partial charge in [-0.2, -0.15) is 0 Å². The number of hydrogen-bond donors (Lipinski definition) is 1. The van der Waals surface area contributed by atoms with Crippen LogP contribution in [0.5, 0.6) is 0 Å². The van der Waals surface area contributed by atoms with Gasteiger partial charge >= 0.3 is 6.01 Å². The molecule has 4 nitrogen and oxygen atoms in total. The Morgan fingerprint density at radius 2 is 2.00 bits per heavy atom. The van der Waals surface area contributed by atoms with Crippen molar-refractivity contribution in [1.82, 2.24) is 10.2 Å². The maximum atomic E-state index is 4.93. The first kappa shape index (κ1) is 7.79. The van der Waals surface area contributed by atoms with Crippen LogP contribution in [0, 0.1) is 6.92 Å². The molecule has 0 radical (unpaired) electrons. The number of anilines is 2. The van der Waals surface area contributed by atoms with Gasteiger partial charge in [0.15, 0.2) is 0 Å². The van der Waals surface area contributed by atoms with Gasteiger partial charge in [-0.15, -0.1) is 5.10 Å². The zero-order valence-electron chi connectivity index (χ0n) is 7.19. The molecule has 0 saturated heterocycles. The summed E-state index contributed by atoms with van der Waals surface area (Å²) in [6, 6.07) is 8.35. The van der Waals surface area contributed by atoms with Crippen molar-refractivity contribution in [3.05, 3.63) is 36.2 Å². The minimum Gasteiger partial charge on any atom is -0.411 e. The Morgan fingerprint density at radius 3 is 2.62 bits per heavy atom. The van der Waals surface area contributed by atoms with E-state index >= 15 is 0 Å². The van der Waals surface area contributed by atoms with Crippen molar-refractivity contribution in [2.24, 2.45) is 0 Å². The van der Waals surface area contributed by atoms with Gasteiger partial charge in [0.1, 0.15) is 0 Å². The van der Waals surface area contributed by atoms with Crippen LogP contribution in [0.4, 0.5) is 11.7 Å². The van der Waals surface area contributed by atoms with E-state index in [0.717, 1.165) is 5.69 Å². The average molecular weight is 175 g/mol. The normalized spacial score (nSPS) is 9.92. The fourth-order valence-corrected chi connectivity index (χ4v) is 0.988. The number of hydrogen-bond acceptors (Lipinski definition) is 4. The van der Waals surface area contributed by atoms with Crippen LogP contribution in [0.15, 0.2) is 35.1 Å². The number of benzene rings is 1. The lowest BCUT2D eigenvalue weighted by molar-refractivity contribution is 0.572. The molecule has 0 spiro atoms. The van der Waals surface area contributed by atoms with E-state index in [9.17, 15) is 0 Å². The maximum absolute atomic E-state index is 4.93. The first-order valence-corrected chi connectivity index (χ1v) is 3.94. The van der Waals surface area contributed by atoms with Crippen LogP contribution in [-0.2, 0) is 0 Å². The van der Waals surface area contributed by atoms with Crippen molar-refractivity contribution in [3.8, 4) is 0 Å². The van der Waals surface area contributed by atoms with Gasteiger partial charge in [0.2, 0.25) is 6.39 Å². The van der Waals surface area contributed by atoms with E-state index in [4.69, 9.17) is 4.42 Å². The smallest absolute Gasteiger partial charge is 0.319 e. The quantitative estimate of drug-likeness (QED) is 0.759. The van der Waals surface area contributed by atoms with Crippen LogP contribution in [0.25, 0.3) is 0 Å².